The number of hydrogen-bond donors (Lipinski definition) is 2. The number of aryl methyl sites for hydroxylation is 1. The summed E-state index contributed by atoms with van der Waals surface area (Å²) in [6.45, 7) is 2.62. The lowest BCUT2D eigenvalue weighted by molar-refractivity contribution is 1.05. The molecule has 3 N–H and O–H groups in total. The predicted octanol–water partition coefficient (Wildman–Crippen LogP) is 2.99. The normalized spacial score (nSPS) is 11.3. The number of hydrogen-bond acceptors (Lipinski definition) is 2. The molecule has 2 aromatic carbocycles. The zero-order chi connectivity index (χ0) is 15.2. The van der Waals surface area contributed by atoms with Gasteiger partial charge in [0.2, 0.25) is 0 Å². The smallest absolute Gasteiger partial charge is 0.193 e. The van der Waals surface area contributed by atoms with Crippen LogP contribution in [0.25, 0.3) is 0 Å². The molecule has 0 unspecified atom stereocenters. The van der Waals surface area contributed by atoms with Crippen molar-refractivity contribution in [1.82, 2.24) is 0 Å². The minimum absolute atomic E-state index is 0.426. The number of nitrogens with zero attached hydrogens (tertiary/aromatic N) is 2. The Morgan fingerprint density at radius 1 is 1.05 bits per heavy atom. The van der Waals surface area contributed by atoms with Crippen molar-refractivity contribution in [2.24, 2.45) is 10.7 Å². The number of nitrogens with one attached hydrogen (secondary N) is 1. The SMILES string of the molecule is Cc1ccc(NC(N)=NCc2ccc(N(C)C)cc2)cc1. The molecule has 0 saturated carbocycles. The van der Waals surface area contributed by atoms with Crippen LogP contribution in [0.1, 0.15) is 11.1 Å². The van der Waals surface area contributed by atoms with Gasteiger partial charge in [0.25, 0.3) is 0 Å². The van der Waals surface area contributed by atoms with Crippen molar-refractivity contribution in [3.63, 3.8) is 0 Å². The Kier molecular flexibility index (Phi) is 4.82. The van der Waals surface area contributed by atoms with Crippen LogP contribution in [0.5, 0.6) is 0 Å². The van der Waals surface area contributed by atoms with Gasteiger partial charge in [0.15, 0.2) is 5.96 Å². The third kappa shape index (κ3) is 4.53. The van der Waals surface area contributed by atoms with E-state index in [1.807, 2.05) is 38.4 Å². The highest BCUT2D eigenvalue weighted by Gasteiger charge is 1.97. The van der Waals surface area contributed by atoms with E-state index in [9.17, 15) is 0 Å². The van der Waals surface area contributed by atoms with E-state index in [4.69, 9.17) is 5.73 Å². The average molecular weight is 282 g/mol. The first kappa shape index (κ1) is 14.9. The van der Waals surface area contributed by atoms with Crippen molar-refractivity contribution in [3.05, 3.63) is 59.7 Å². The summed E-state index contributed by atoms with van der Waals surface area (Å²) in [5, 5.41) is 3.09. The van der Waals surface area contributed by atoms with Gasteiger partial charge in [0, 0.05) is 25.5 Å². The van der Waals surface area contributed by atoms with Gasteiger partial charge in [-0.3, -0.25) is 0 Å². The fraction of sp³-hybridized carbons (Fsp3) is 0.235. The minimum atomic E-state index is 0.426. The summed E-state index contributed by atoms with van der Waals surface area (Å²) >= 11 is 0. The molecule has 0 bridgehead atoms. The number of nitrogens with two attached hydrogens (primary N) is 1. The Bertz CT molecular complexity index is 598. The fourth-order valence-electron chi connectivity index (χ4n) is 1.90. The molecule has 4 heteroatoms. The van der Waals surface area contributed by atoms with Crippen LogP contribution in [0, 0.1) is 6.92 Å². The molecular weight excluding hydrogens is 260 g/mol. The molecule has 0 aliphatic heterocycles. The van der Waals surface area contributed by atoms with Gasteiger partial charge in [-0.2, -0.15) is 0 Å². The maximum atomic E-state index is 5.90. The molecule has 0 atom stereocenters. The molecule has 2 aromatic rings. The second-order valence-corrected chi connectivity index (χ2v) is 5.25. The van der Waals surface area contributed by atoms with Gasteiger partial charge in [-0.25, -0.2) is 4.99 Å². The summed E-state index contributed by atoms with van der Waals surface area (Å²) < 4.78 is 0. The van der Waals surface area contributed by atoms with Crippen LogP contribution in [-0.2, 0) is 6.54 Å². The molecule has 0 amide bonds. The molecule has 0 fully saturated rings. The summed E-state index contributed by atoms with van der Waals surface area (Å²) in [5.74, 6) is 0.426. The van der Waals surface area contributed by atoms with Crippen molar-refractivity contribution in [2.45, 2.75) is 13.5 Å². The Hall–Kier alpha value is -2.49. The van der Waals surface area contributed by atoms with E-state index in [0.717, 1.165) is 11.3 Å². The summed E-state index contributed by atoms with van der Waals surface area (Å²) in [5.41, 5.74) is 10.4. The van der Waals surface area contributed by atoms with Gasteiger partial charge >= 0.3 is 0 Å². The fourth-order valence-corrected chi connectivity index (χ4v) is 1.90. The van der Waals surface area contributed by atoms with E-state index in [0.29, 0.717) is 12.5 Å². The van der Waals surface area contributed by atoms with Gasteiger partial charge in [-0.1, -0.05) is 29.8 Å². The van der Waals surface area contributed by atoms with Crippen LogP contribution in [0.2, 0.25) is 0 Å². The molecule has 110 valence electrons. The zero-order valence-corrected chi connectivity index (χ0v) is 12.8. The Morgan fingerprint density at radius 2 is 1.67 bits per heavy atom. The first-order valence-electron chi connectivity index (χ1n) is 6.94. The van der Waals surface area contributed by atoms with Crippen molar-refractivity contribution in [1.29, 1.82) is 0 Å². The van der Waals surface area contributed by atoms with Crippen molar-refractivity contribution in [3.8, 4) is 0 Å². The maximum absolute atomic E-state index is 5.90. The highest BCUT2D eigenvalue weighted by Crippen LogP contribution is 2.13. The van der Waals surface area contributed by atoms with E-state index in [-0.39, 0.29) is 0 Å². The van der Waals surface area contributed by atoms with E-state index in [2.05, 4.69) is 46.4 Å². The lowest BCUT2D eigenvalue weighted by atomic mass is 10.2. The maximum Gasteiger partial charge on any atom is 0.193 e. The highest BCUT2D eigenvalue weighted by molar-refractivity contribution is 5.92. The first-order chi connectivity index (χ1) is 10.0. The molecule has 0 saturated heterocycles. The Labute approximate surface area is 126 Å². The molecule has 21 heavy (non-hydrogen) atoms. The third-order valence-corrected chi connectivity index (χ3v) is 3.21. The standard InChI is InChI=1S/C17H22N4/c1-13-4-8-15(9-5-13)20-17(18)19-12-14-6-10-16(11-7-14)21(2)3/h4-11H,12H2,1-3H3,(H3,18,19,20). The molecule has 0 heterocycles. The van der Waals surface area contributed by atoms with Crippen LogP contribution < -0.4 is 16.0 Å². The molecule has 0 radical (unpaired) electrons. The minimum Gasteiger partial charge on any atom is -0.378 e. The van der Waals surface area contributed by atoms with Crippen molar-refractivity contribution < 1.29 is 0 Å². The lowest BCUT2D eigenvalue weighted by Gasteiger charge is -2.12. The monoisotopic (exact) mass is 282 g/mol. The zero-order valence-electron chi connectivity index (χ0n) is 12.8. The van der Waals surface area contributed by atoms with Gasteiger partial charge in [0.1, 0.15) is 0 Å². The number of benzene rings is 2. The second-order valence-electron chi connectivity index (χ2n) is 5.25. The summed E-state index contributed by atoms with van der Waals surface area (Å²) in [6.07, 6.45) is 0. The molecule has 0 aliphatic rings. The topological polar surface area (TPSA) is 53.6 Å². The van der Waals surface area contributed by atoms with Gasteiger partial charge < -0.3 is 16.0 Å². The number of rotatable bonds is 4. The Morgan fingerprint density at radius 3 is 2.24 bits per heavy atom. The van der Waals surface area contributed by atoms with Crippen LogP contribution >= 0.6 is 0 Å². The van der Waals surface area contributed by atoms with Crippen molar-refractivity contribution >= 4 is 17.3 Å². The van der Waals surface area contributed by atoms with Crippen LogP contribution in [0.4, 0.5) is 11.4 Å². The largest absolute Gasteiger partial charge is 0.378 e. The summed E-state index contributed by atoms with van der Waals surface area (Å²) in [7, 11) is 4.05. The van der Waals surface area contributed by atoms with Gasteiger partial charge in [-0.15, -0.1) is 0 Å². The van der Waals surface area contributed by atoms with E-state index in [1.165, 1.54) is 11.3 Å². The molecule has 0 aromatic heterocycles. The third-order valence-electron chi connectivity index (χ3n) is 3.21. The predicted molar refractivity (Wildman–Crippen MR) is 90.9 cm³/mol. The number of anilines is 2. The van der Waals surface area contributed by atoms with E-state index >= 15 is 0 Å². The summed E-state index contributed by atoms with van der Waals surface area (Å²) in [6, 6.07) is 16.3. The first-order valence-corrected chi connectivity index (χ1v) is 6.94. The number of guanidine groups is 1. The molecular formula is C17H22N4. The molecule has 4 nitrogen and oxygen atoms in total. The average Bonchev–Trinajstić information content (AvgIpc) is 2.48. The van der Waals surface area contributed by atoms with Gasteiger partial charge in [-0.05, 0) is 36.8 Å². The molecule has 0 spiro atoms. The number of aliphatic imine (C=N–C) groups is 1. The van der Waals surface area contributed by atoms with Crippen LogP contribution in [0.15, 0.2) is 53.5 Å². The van der Waals surface area contributed by atoms with Crippen LogP contribution in [-0.4, -0.2) is 20.1 Å². The molecule has 0 aliphatic carbocycles. The lowest BCUT2D eigenvalue weighted by Crippen LogP contribution is -2.22. The van der Waals surface area contributed by atoms with Gasteiger partial charge in [0.05, 0.1) is 6.54 Å². The quantitative estimate of drug-likeness (QED) is 0.669. The summed E-state index contributed by atoms with van der Waals surface area (Å²) in [4.78, 5) is 6.43. The van der Waals surface area contributed by atoms with E-state index < -0.39 is 0 Å². The van der Waals surface area contributed by atoms with Crippen LogP contribution in [0.3, 0.4) is 0 Å². The van der Waals surface area contributed by atoms with Crippen molar-refractivity contribution in [2.75, 3.05) is 24.3 Å². The van der Waals surface area contributed by atoms with E-state index in [1.54, 1.807) is 0 Å². The Balaban J connectivity index is 1.95. The molecule has 2 rings (SSSR count). The second kappa shape index (κ2) is 6.79. The highest BCUT2D eigenvalue weighted by atomic mass is 15.1.